The van der Waals surface area contributed by atoms with Crippen LogP contribution in [0.2, 0.25) is 0 Å². The number of aliphatic hydroxyl groups is 2. The van der Waals surface area contributed by atoms with Crippen LogP contribution in [0, 0.1) is 5.92 Å². The third-order valence-corrected chi connectivity index (χ3v) is 2.27. The molecular weight excluding hydrogens is 212 g/mol. The molecule has 0 rings (SSSR count). The fourth-order valence-corrected chi connectivity index (χ4v) is 1.38. The van der Waals surface area contributed by atoms with Gasteiger partial charge in [0.25, 0.3) is 0 Å². The van der Waals surface area contributed by atoms with Crippen LogP contribution in [0.5, 0.6) is 0 Å². The van der Waals surface area contributed by atoms with Crippen LogP contribution in [-0.2, 0) is 9.59 Å². The molecular formula is C10H20N2O4. The molecule has 0 spiro atoms. The molecule has 0 aromatic rings. The summed E-state index contributed by atoms with van der Waals surface area (Å²) in [6, 6.07) is 0. The highest BCUT2D eigenvalue weighted by atomic mass is 16.3. The van der Waals surface area contributed by atoms with Gasteiger partial charge in [0.15, 0.2) is 0 Å². The van der Waals surface area contributed by atoms with Gasteiger partial charge in [-0.1, -0.05) is 0 Å². The number of hydrogen-bond donors (Lipinski definition) is 4. The molecule has 94 valence electrons. The van der Waals surface area contributed by atoms with E-state index in [-0.39, 0.29) is 31.6 Å². The molecule has 6 heteroatoms. The maximum Gasteiger partial charge on any atom is 0.220 e. The largest absolute Gasteiger partial charge is 0.396 e. The number of nitrogens with two attached hydrogens (primary N) is 1. The first-order valence-corrected chi connectivity index (χ1v) is 5.39. The highest BCUT2D eigenvalue weighted by Gasteiger charge is 2.14. The molecule has 6 nitrogen and oxygen atoms in total. The Morgan fingerprint density at radius 3 is 2.38 bits per heavy atom. The van der Waals surface area contributed by atoms with E-state index in [4.69, 9.17) is 15.9 Å². The van der Waals surface area contributed by atoms with E-state index < -0.39 is 5.91 Å². The number of rotatable bonds is 9. The third-order valence-electron chi connectivity index (χ3n) is 2.27. The molecule has 1 unspecified atom stereocenters. The zero-order valence-electron chi connectivity index (χ0n) is 9.32. The van der Waals surface area contributed by atoms with Crippen LogP contribution in [0.25, 0.3) is 0 Å². The first-order valence-electron chi connectivity index (χ1n) is 5.39. The Labute approximate surface area is 94.8 Å². The monoisotopic (exact) mass is 232 g/mol. The van der Waals surface area contributed by atoms with Crippen LogP contribution >= 0.6 is 0 Å². The van der Waals surface area contributed by atoms with Crippen molar-refractivity contribution in [3.05, 3.63) is 0 Å². The second-order valence-corrected chi connectivity index (χ2v) is 3.58. The van der Waals surface area contributed by atoms with Gasteiger partial charge in [0, 0.05) is 25.5 Å². The summed E-state index contributed by atoms with van der Waals surface area (Å²) in [6.07, 6.45) is 1.69. The molecule has 0 heterocycles. The number of carbonyl (C=O) groups is 2. The van der Waals surface area contributed by atoms with Crippen molar-refractivity contribution in [2.45, 2.75) is 25.7 Å². The van der Waals surface area contributed by atoms with Crippen molar-refractivity contribution < 1.29 is 19.8 Å². The summed E-state index contributed by atoms with van der Waals surface area (Å²) >= 11 is 0. The van der Waals surface area contributed by atoms with Gasteiger partial charge < -0.3 is 21.3 Å². The van der Waals surface area contributed by atoms with E-state index in [1.54, 1.807) is 0 Å². The van der Waals surface area contributed by atoms with Crippen LogP contribution in [0.1, 0.15) is 25.7 Å². The average molecular weight is 232 g/mol. The SMILES string of the molecule is NC(=O)C(CCO)CCCC(=O)NCCO. The van der Waals surface area contributed by atoms with Crippen molar-refractivity contribution in [1.29, 1.82) is 0 Å². The second-order valence-electron chi connectivity index (χ2n) is 3.58. The Hall–Kier alpha value is -1.14. The van der Waals surface area contributed by atoms with E-state index in [0.717, 1.165) is 0 Å². The van der Waals surface area contributed by atoms with Crippen molar-refractivity contribution >= 4 is 11.8 Å². The van der Waals surface area contributed by atoms with Crippen LogP contribution < -0.4 is 11.1 Å². The van der Waals surface area contributed by atoms with Gasteiger partial charge in [0.2, 0.25) is 11.8 Å². The zero-order valence-corrected chi connectivity index (χ0v) is 9.32. The predicted molar refractivity (Wildman–Crippen MR) is 58.3 cm³/mol. The van der Waals surface area contributed by atoms with E-state index >= 15 is 0 Å². The highest BCUT2D eigenvalue weighted by Crippen LogP contribution is 2.11. The molecule has 16 heavy (non-hydrogen) atoms. The van der Waals surface area contributed by atoms with E-state index in [9.17, 15) is 9.59 Å². The lowest BCUT2D eigenvalue weighted by Crippen LogP contribution is -2.27. The lowest BCUT2D eigenvalue weighted by molar-refractivity contribution is -0.124. The molecule has 0 radical (unpaired) electrons. The lowest BCUT2D eigenvalue weighted by atomic mass is 9.98. The molecule has 0 saturated heterocycles. The number of aliphatic hydroxyl groups excluding tert-OH is 2. The number of nitrogens with one attached hydrogen (secondary N) is 1. The van der Waals surface area contributed by atoms with E-state index in [1.165, 1.54) is 0 Å². The van der Waals surface area contributed by atoms with Crippen LogP contribution in [0.15, 0.2) is 0 Å². The van der Waals surface area contributed by atoms with E-state index in [2.05, 4.69) is 5.32 Å². The van der Waals surface area contributed by atoms with Gasteiger partial charge in [0.05, 0.1) is 6.61 Å². The number of hydrogen-bond acceptors (Lipinski definition) is 4. The smallest absolute Gasteiger partial charge is 0.220 e. The normalized spacial score (nSPS) is 12.1. The van der Waals surface area contributed by atoms with Crippen LogP contribution in [-0.4, -0.2) is 41.8 Å². The molecule has 0 bridgehead atoms. The minimum absolute atomic E-state index is 0.0791. The predicted octanol–water partition coefficient (Wildman–Crippen LogP) is -1.25. The summed E-state index contributed by atoms with van der Waals surface area (Å²) in [5.74, 6) is -0.957. The Bertz CT molecular complexity index is 221. The highest BCUT2D eigenvalue weighted by molar-refractivity contribution is 5.77. The van der Waals surface area contributed by atoms with Crippen LogP contribution in [0.3, 0.4) is 0 Å². The first kappa shape index (κ1) is 14.9. The minimum Gasteiger partial charge on any atom is -0.396 e. The van der Waals surface area contributed by atoms with Gasteiger partial charge in [-0.15, -0.1) is 0 Å². The summed E-state index contributed by atoms with van der Waals surface area (Å²) < 4.78 is 0. The van der Waals surface area contributed by atoms with Crippen molar-refractivity contribution in [3.63, 3.8) is 0 Å². The Morgan fingerprint density at radius 1 is 1.19 bits per heavy atom. The van der Waals surface area contributed by atoms with Gasteiger partial charge in [-0.25, -0.2) is 0 Å². The quantitative estimate of drug-likeness (QED) is 0.398. The Balaban J connectivity index is 3.68. The molecule has 0 aliphatic heterocycles. The fourth-order valence-electron chi connectivity index (χ4n) is 1.38. The van der Waals surface area contributed by atoms with E-state index in [1.807, 2.05) is 0 Å². The van der Waals surface area contributed by atoms with Gasteiger partial charge in [-0.3, -0.25) is 9.59 Å². The average Bonchev–Trinajstić information content (AvgIpc) is 2.25. The summed E-state index contributed by atoms with van der Waals surface area (Å²) in [5, 5.41) is 19.7. The fraction of sp³-hybridized carbons (Fsp3) is 0.800. The van der Waals surface area contributed by atoms with Gasteiger partial charge in [-0.2, -0.15) is 0 Å². The van der Waals surface area contributed by atoms with E-state index in [0.29, 0.717) is 25.7 Å². The molecule has 0 aromatic carbocycles. The topological polar surface area (TPSA) is 113 Å². The third kappa shape index (κ3) is 7.19. The molecule has 0 aliphatic rings. The van der Waals surface area contributed by atoms with Gasteiger partial charge in [0.1, 0.15) is 0 Å². The Kier molecular flexibility index (Phi) is 8.46. The number of primary amides is 1. The zero-order chi connectivity index (χ0) is 12.4. The first-order chi connectivity index (χ1) is 7.61. The molecule has 0 fully saturated rings. The standard InChI is InChI=1S/C10H20N2O4/c11-10(16)8(4-6-13)2-1-3-9(15)12-5-7-14/h8,13-14H,1-7H2,(H2,11,16)(H,12,15). The summed E-state index contributed by atoms with van der Waals surface area (Å²) in [5.41, 5.74) is 5.14. The molecule has 0 saturated carbocycles. The molecule has 0 aromatic heterocycles. The van der Waals surface area contributed by atoms with Crippen molar-refractivity contribution in [3.8, 4) is 0 Å². The summed E-state index contributed by atoms with van der Waals surface area (Å²) in [6.45, 7) is 0.0825. The van der Waals surface area contributed by atoms with Crippen LogP contribution in [0.4, 0.5) is 0 Å². The molecule has 5 N–H and O–H groups in total. The maximum absolute atomic E-state index is 11.1. The minimum atomic E-state index is -0.440. The molecule has 1 atom stereocenters. The summed E-state index contributed by atoms with van der Waals surface area (Å²) in [4.78, 5) is 22.0. The number of carbonyl (C=O) groups excluding carboxylic acids is 2. The van der Waals surface area contributed by atoms with Crippen molar-refractivity contribution in [2.75, 3.05) is 19.8 Å². The second kappa shape index (κ2) is 9.11. The maximum atomic E-state index is 11.1. The lowest BCUT2D eigenvalue weighted by Gasteiger charge is -2.11. The molecule has 2 amide bonds. The summed E-state index contributed by atoms with van der Waals surface area (Å²) in [7, 11) is 0. The molecule has 0 aliphatic carbocycles. The van der Waals surface area contributed by atoms with Gasteiger partial charge >= 0.3 is 0 Å². The van der Waals surface area contributed by atoms with Gasteiger partial charge in [-0.05, 0) is 19.3 Å². The van der Waals surface area contributed by atoms with Crippen molar-refractivity contribution in [1.82, 2.24) is 5.32 Å². The Morgan fingerprint density at radius 2 is 1.88 bits per heavy atom. The van der Waals surface area contributed by atoms with Crippen molar-refractivity contribution in [2.24, 2.45) is 11.7 Å². The number of amides is 2.